The molecule has 0 unspecified atom stereocenters. The smallest absolute Gasteiger partial charge is 0.229 e. The maximum Gasteiger partial charge on any atom is 0.229 e. The quantitative estimate of drug-likeness (QED) is 0.579. The molecule has 0 spiro atoms. The lowest BCUT2D eigenvalue weighted by Crippen LogP contribution is -2.09. The van der Waals surface area contributed by atoms with Crippen molar-refractivity contribution < 1.29 is 17.9 Å². The summed E-state index contributed by atoms with van der Waals surface area (Å²) < 4.78 is 45.5. The molecule has 0 amide bonds. The second-order valence-corrected chi connectivity index (χ2v) is 6.09. The minimum absolute atomic E-state index is 0.0776. The Hall–Kier alpha value is -3.29. The van der Waals surface area contributed by atoms with E-state index in [1.807, 2.05) is 24.3 Å². The molecule has 0 bridgehead atoms. The molecular formula is C20H19F3N4O. The first kappa shape index (κ1) is 19.5. The van der Waals surface area contributed by atoms with Gasteiger partial charge in [0.2, 0.25) is 5.95 Å². The number of hydrogen-bond donors (Lipinski definition) is 2. The summed E-state index contributed by atoms with van der Waals surface area (Å²) in [5, 5.41) is 5.76. The number of anilines is 3. The molecule has 28 heavy (non-hydrogen) atoms. The lowest BCUT2D eigenvalue weighted by Gasteiger charge is -2.11. The fourth-order valence-electron chi connectivity index (χ4n) is 2.62. The molecule has 1 aromatic heterocycles. The van der Waals surface area contributed by atoms with E-state index in [1.165, 1.54) is 0 Å². The van der Waals surface area contributed by atoms with Crippen molar-refractivity contribution in [2.75, 3.05) is 24.3 Å². The number of aryl methyl sites for hydroxylation is 1. The first-order chi connectivity index (χ1) is 13.5. The number of benzene rings is 2. The Balaban J connectivity index is 1.68. The van der Waals surface area contributed by atoms with E-state index in [9.17, 15) is 13.2 Å². The molecule has 0 atom stereocenters. The largest absolute Gasteiger partial charge is 0.497 e. The predicted molar refractivity (Wildman–Crippen MR) is 102 cm³/mol. The zero-order chi connectivity index (χ0) is 20.1. The van der Waals surface area contributed by atoms with Crippen molar-refractivity contribution >= 4 is 17.5 Å². The monoisotopic (exact) mass is 388 g/mol. The maximum atomic E-state index is 13.8. The number of hydrogen-bond acceptors (Lipinski definition) is 5. The van der Waals surface area contributed by atoms with E-state index in [-0.39, 0.29) is 11.6 Å². The predicted octanol–water partition coefficient (Wildman–Crippen LogP) is 4.61. The van der Waals surface area contributed by atoms with Gasteiger partial charge in [-0.2, -0.15) is 4.98 Å². The van der Waals surface area contributed by atoms with E-state index in [4.69, 9.17) is 4.74 Å². The molecule has 0 saturated carbocycles. The molecule has 0 fully saturated rings. The minimum atomic E-state index is -1.55. The average Bonchev–Trinajstić information content (AvgIpc) is 2.68. The minimum Gasteiger partial charge on any atom is -0.497 e. The molecule has 0 saturated heterocycles. The highest BCUT2D eigenvalue weighted by atomic mass is 19.2. The Morgan fingerprint density at radius 2 is 1.82 bits per heavy atom. The van der Waals surface area contributed by atoms with E-state index in [2.05, 4.69) is 20.6 Å². The van der Waals surface area contributed by atoms with Crippen LogP contribution in [0.4, 0.5) is 30.6 Å². The van der Waals surface area contributed by atoms with Gasteiger partial charge < -0.3 is 15.4 Å². The molecule has 0 aliphatic rings. The number of halogens is 3. The standard InChI is InChI=1S/C20H19F3N4O/c1-12-10-17(24-9-8-13-4-3-5-14(11-13)28-2)27-20(25-12)26-16-7-6-15(21)18(22)19(16)23/h3-7,10-11H,8-9H2,1-2H3,(H2,24,25,26,27). The van der Waals surface area contributed by atoms with E-state index in [1.54, 1.807) is 20.1 Å². The van der Waals surface area contributed by atoms with Crippen molar-refractivity contribution in [1.29, 1.82) is 0 Å². The van der Waals surface area contributed by atoms with Gasteiger partial charge in [0.25, 0.3) is 0 Å². The van der Waals surface area contributed by atoms with Gasteiger partial charge in [-0.1, -0.05) is 12.1 Å². The SMILES string of the molecule is COc1cccc(CCNc2cc(C)nc(Nc3ccc(F)c(F)c3F)n2)c1. The zero-order valence-corrected chi connectivity index (χ0v) is 15.4. The summed E-state index contributed by atoms with van der Waals surface area (Å²) >= 11 is 0. The Morgan fingerprint density at radius 3 is 2.61 bits per heavy atom. The topological polar surface area (TPSA) is 59.1 Å². The third kappa shape index (κ3) is 4.70. The molecule has 5 nitrogen and oxygen atoms in total. The fourth-order valence-corrected chi connectivity index (χ4v) is 2.62. The van der Waals surface area contributed by atoms with Gasteiger partial charge in [0.1, 0.15) is 11.6 Å². The third-order valence-corrected chi connectivity index (χ3v) is 3.99. The molecule has 8 heteroatoms. The number of nitrogens with zero attached hydrogens (tertiary/aromatic N) is 2. The molecule has 2 N–H and O–H groups in total. The summed E-state index contributed by atoms with van der Waals surface area (Å²) in [6.07, 6.45) is 0.737. The average molecular weight is 388 g/mol. The summed E-state index contributed by atoms with van der Waals surface area (Å²) in [4.78, 5) is 8.40. The highest BCUT2D eigenvalue weighted by Crippen LogP contribution is 2.23. The van der Waals surface area contributed by atoms with Crippen LogP contribution in [0.5, 0.6) is 5.75 Å². The lowest BCUT2D eigenvalue weighted by atomic mass is 10.1. The van der Waals surface area contributed by atoms with Crippen LogP contribution in [-0.4, -0.2) is 23.6 Å². The van der Waals surface area contributed by atoms with Crippen molar-refractivity contribution in [1.82, 2.24) is 9.97 Å². The second kappa shape index (κ2) is 8.60. The van der Waals surface area contributed by atoms with E-state index >= 15 is 0 Å². The fraction of sp³-hybridized carbons (Fsp3) is 0.200. The van der Waals surface area contributed by atoms with Crippen molar-refractivity contribution in [2.45, 2.75) is 13.3 Å². The van der Waals surface area contributed by atoms with Gasteiger partial charge in [0, 0.05) is 18.3 Å². The summed E-state index contributed by atoms with van der Waals surface area (Å²) in [5.74, 6) is -2.73. The molecule has 3 aromatic rings. The van der Waals surface area contributed by atoms with Crippen LogP contribution >= 0.6 is 0 Å². The summed E-state index contributed by atoms with van der Waals surface area (Å²) in [6, 6.07) is 11.4. The van der Waals surface area contributed by atoms with Gasteiger partial charge in [-0.15, -0.1) is 0 Å². The normalized spacial score (nSPS) is 10.6. The van der Waals surface area contributed by atoms with Crippen LogP contribution in [0.3, 0.4) is 0 Å². The number of rotatable bonds is 7. The highest BCUT2D eigenvalue weighted by Gasteiger charge is 2.14. The Morgan fingerprint density at radius 1 is 1.00 bits per heavy atom. The van der Waals surface area contributed by atoms with Crippen molar-refractivity contribution in [3.63, 3.8) is 0 Å². The molecule has 0 aliphatic carbocycles. The van der Waals surface area contributed by atoms with Gasteiger partial charge in [-0.05, 0) is 43.2 Å². The van der Waals surface area contributed by atoms with Crippen LogP contribution in [0, 0.1) is 24.4 Å². The second-order valence-electron chi connectivity index (χ2n) is 6.09. The molecule has 2 aromatic carbocycles. The zero-order valence-electron chi connectivity index (χ0n) is 15.4. The van der Waals surface area contributed by atoms with Gasteiger partial charge >= 0.3 is 0 Å². The molecular weight excluding hydrogens is 369 g/mol. The molecule has 3 rings (SSSR count). The van der Waals surface area contributed by atoms with Crippen molar-refractivity contribution in [3.05, 3.63) is 71.2 Å². The summed E-state index contributed by atoms with van der Waals surface area (Å²) in [6.45, 7) is 2.35. The van der Waals surface area contributed by atoms with Gasteiger partial charge in [-0.25, -0.2) is 18.2 Å². The third-order valence-electron chi connectivity index (χ3n) is 3.99. The van der Waals surface area contributed by atoms with E-state index in [0.29, 0.717) is 18.1 Å². The van der Waals surface area contributed by atoms with Crippen molar-refractivity contribution in [2.24, 2.45) is 0 Å². The summed E-state index contributed by atoms with van der Waals surface area (Å²) in [7, 11) is 1.62. The van der Waals surface area contributed by atoms with Crippen LogP contribution in [0.25, 0.3) is 0 Å². The highest BCUT2D eigenvalue weighted by molar-refractivity contribution is 5.56. The summed E-state index contributed by atoms with van der Waals surface area (Å²) in [5.41, 5.74) is 1.48. The van der Waals surface area contributed by atoms with E-state index < -0.39 is 17.5 Å². The number of aromatic nitrogens is 2. The van der Waals surface area contributed by atoms with Crippen LogP contribution < -0.4 is 15.4 Å². The maximum absolute atomic E-state index is 13.8. The van der Waals surface area contributed by atoms with Gasteiger partial charge in [-0.3, -0.25) is 0 Å². The lowest BCUT2D eigenvalue weighted by molar-refractivity contribution is 0.414. The van der Waals surface area contributed by atoms with Crippen LogP contribution in [0.15, 0.2) is 42.5 Å². The first-order valence-corrected chi connectivity index (χ1v) is 8.59. The number of ether oxygens (including phenoxy) is 1. The van der Waals surface area contributed by atoms with Gasteiger partial charge in [0.15, 0.2) is 17.5 Å². The molecule has 0 radical (unpaired) electrons. The van der Waals surface area contributed by atoms with Gasteiger partial charge in [0.05, 0.1) is 12.8 Å². The molecule has 0 aliphatic heterocycles. The Bertz CT molecular complexity index is 982. The Labute approximate surface area is 160 Å². The molecule has 146 valence electrons. The van der Waals surface area contributed by atoms with Crippen LogP contribution in [0.1, 0.15) is 11.3 Å². The van der Waals surface area contributed by atoms with Crippen LogP contribution in [-0.2, 0) is 6.42 Å². The van der Waals surface area contributed by atoms with E-state index in [0.717, 1.165) is 29.9 Å². The first-order valence-electron chi connectivity index (χ1n) is 8.59. The van der Waals surface area contributed by atoms with Crippen molar-refractivity contribution in [3.8, 4) is 5.75 Å². The van der Waals surface area contributed by atoms with Crippen LogP contribution in [0.2, 0.25) is 0 Å². The molecule has 1 heterocycles. The Kier molecular flexibility index (Phi) is 5.98. The number of nitrogens with one attached hydrogen (secondary N) is 2. The number of methoxy groups -OCH3 is 1.